The quantitative estimate of drug-likeness (QED) is 0.497. The summed E-state index contributed by atoms with van der Waals surface area (Å²) in [6, 6.07) is 11.0. The molecule has 0 atom stereocenters. The van der Waals surface area contributed by atoms with Crippen molar-refractivity contribution in [3.8, 4) is 11.5 Å². The summed E-state index contributed by atoms with van der Waals surface area (Å²) in [6.45, 7) is 2.78. The van der Waals surface area contributed by atoms with Gasteiger partial charge in [-0.3, -0.25) is 9.20 Å². The first-order valence-electron chi connectivity index (χ1n) is 8.50. The van der Waals surface area contributed by atoms with Crippen LogP contribution in [0.25, 0.3) is 11.7 Å². The Bertz CT molecular complexity index is 982. The van der Waals surface area contributed by atoms with Crippen molar-refractivity contribution in [1.82, 2.24) is 14.7 Å². The molecule has 0 radical (unpaired) electrons. The molecule has 1 aromatic carbocycles. The van der Waals surface area contributed by atoms with E-state index in [1.54, 1.807) is 29.8 Å². The molecule has 140 valence electrons. The van der Waals surface area contributed by atoms with Crippen molar-refractivity contribution in [1.29, 1.82) is 0 Å². The predicted molar refractivity (Wildman–Crippen MR) is 105 cm³/mol. The lowest BCUT2D eigenvalue weighted by atomic mass is 10.2. The summed E-state index contributed by atoms with van der Waals surface area (Å²) in [4.78, 5) is 16.5. The smallest absolute Gasteiger partial charge is 0.244 e. The molecule has 0 fully saturated rings. The zero-order chi connectivity index (χ0) is 19.2. The van der Waals surface area contributed by atoms with Crippen LogP contribution in [0.15, 0.2) is 48.7 Å². The molecule has 0 unspecified atom stereocenters. The van der Waals surface area contributed by atoms with Gasteiger partial charge in [-0.15, -0.1) is 0 Å². The summed E-state index contributed by atoms with van der Waals surface area (Å²) in [5.74, 6) is 1.08. The number of hydrogen-bond acceptors (Lipinski definition) is 4. The molecule has 0 aliphatic carbocycles. The van der Waals surface area contributed by atoms with Crippen LogP contribution in [0.4, 0.5) is 0 Å². The fourth-order valence-electron chi connectivity index (χ4n) is 2.58. The molecule has 1 amide bonds. The lowest BCUT2D eigenvalue weighted by Gasteiger charge is -2.09. The highest BCUT2D eigenvalue weighted by molar-refractivity contribution is 6.29. The third kappa shape index (κ3) is 4.60. The number of methoxy groups -OCH3 is 1. The fraction of sp³-hybridized carbons (Fsp3) is 0.200. The van der Waals surface area contributed by atoms with E-state index in [1.807, 2.05) is 37.3 Å². The van der Waals surface area contributed by atoms with Gasteiger partial charge in [-0.05, 0) is 42.8 Å². The molecule has 7 heteroatoms. The van der Waals surface area contributed by atoms with Crippen LogP contribution in [0.1, 0.15) is 18.2 Å². The van der Waals surface area contributed by atoms with Crippen molar-refractivity contribution in [3.63, 3.8) is 0 Å². The van der Waals surface area contributed by atoms with E-state index in [-0.39, 0.29) is 5.91 Å². The van der Waals surface area contributed by atoms with Crippen LogP contribution in [0.3, 0.4) is 0 Å². The van der Waals surface area contributed by atoms with E-state index < -0.39 is 0 Å². The van der Waals surface area contributed by atoms with Crippen LogP contribution in [-0.4, -0.2) is 29.0 Å². The summed E-state index contributed by atoms with van der Waals surface area (Å²) >= 11 is 6.11. The van der Waals surface area contributed by atoms with E-state index in [1.165, 1.54) is 6.08 Å². The third-order valence-corrected chi connectivity index (χ3v) is 4.16. The summed E-state index contributed by atoms with van der Waals surface area (Å²) in [5.41, 5.74) is 2.31. The van der Waals surface area contributed by atoms with Gasteiger partial charge in [0.1, 0.15) is 10.8 Å². The van der Waals surface area contributed by atoms with Crippen LogP contribution in [0, 0.1) is 0 Å². The highest BCUT2D eigenvalue weighted by Gasteiger charge is 2.06. The second-order valence-electron chi connectivity index (χ2n) is 5.70. The Morgan fingerprint density at radius 3 is 2.89 bits per heavy atom. The van der Waals surface area contributed by atoms with Gasteiger partial charge in [-0.1, -0.05) is 23.7 Å². The van der Waals surface area contributed by atoms with E-state index in [9.17, 15) is 4.79 Å². The normalized spacial score (nSPS) is 11.1. The summed E-state index contributed by atoms with van der Waals surface area (Å²) in [7, 11) is 1.58. The highest BCUT2D eigenvalue weighted by atomic mass is 35.5. The van der Waals surface area contributed by atoms with Crippen molar-refractivity contribution in [3.05, 3.63) is 65.1 Å². The maximum absolute atomic E-state index is 12.1. The number of nitrogens with one attached hydrogen (secondary N) is 1. The lowest BCUT2D eigenvalue weighted by Crippen LogP contribution is -2.20. The number of carbonyl (C=O) groups excluding carboxylic acids is 1. The molecule has 0 spiro atoms. The maximum atomic E-state index is 12.1. The molecule has 3 aromatic rings. The number of amides is 1. The van der Waals surface area contributed by atoms with Gasteiger partial charge in [0.05, 0.1) is 26.0 Å². The van der Waals surface area contributed by atoms with Crippen LogP contribution >= 0.6 is 11.6 Å². The monoisotopic (exact) mass is 385 g/mol. The maximum Gasteiger partial charge on any atom is 0.244 e. The van der Waals surface area contributed by atoms with Crippen molar-refractivity contribution >= 4 is 29.2 Å². The zero-order valence-corrected chi connectivity index (χ0v) is 15.9. The molecule has 27 heavy (non-hydrogen) atoms. The average Bonchev–Trinajstić information content (AvgIpc) is 3.10. The van der Waals surface area contributed by atoms with E-state index in [2.05, 4.69) is 10.3 Å². The lowest BCUT2D eigenvalue weighted by molar-refractivity contribution is -0.116. The Kier molecular flexibility index (Phi) is 5.98. The summed E-state index contributed by atoms with van der Waals surface area (Å²) in [5, 5.41) is 3.38. The molecule has 0 saturated heterocycles. The second-order valence-corrected chi connectivity index (χ2v) is 6.09. The number of aromatic nitrogens is 2. The fourth-order valence-corrected chi connectivity index (χ4v) is 2.79. The molecule has 1 N–H and O–H groups in total. The van der Waals surface area contributed by atoms with Crippen molar-refractivity contribution in [2.75, 3.05) is 13.7 Å². The van der Waals surface area contributed by atoms with Gasteiger partial charge in [0.25, 0.3) is 0 Å². The molecule has 2 heterocycles. The number of nitrogens with zero attached hydrogens (tertiary/aromatic N) is 2. The average molecular weight is 386 g/mol. The van der Waals surface area contributed by atoms with Crippen molar-refractivity contribution < 1.29 is 14.3 Å². The first kappa shape index (κ1) is 18.8. The molecule has 2 aromatic heterocycles. The van der Waals surface area contributed by atoms with Gasteiger partial charge in [0.15, 0.2) is 11.5 Å². The number of benzene rings is 1. The molecular formula is C20H20ClN3O3. The van der Waals surface area contributed by atoms with Crippen LogP contribution in [-0.2, 0) is 11.3 Å². The molecule has 0 aliphatic rings. The van der Waals surface area contributed by atoms with Crippen molar-refractivity contribution in [2.45, 2.75) is 13.5 Å². The number of ether oxygens (including phenoxy) is 2. The minimum absolute atomic E-state index is 0.217. The Labute approximate surface area is 162 Å². The molecular weight excluding hydrogens is 366 g/mol. The SMILES string of the molecule is CCOc1ccc(/C=C/C(=O)NCc2cn3c(Cl)cccc3n2)cc1OC. The van der Waals surface area contributed by atoms with Gasteiger partial charge < -0.3 is 14.8 Å². The molecule has 0 bridgehead atoms. The first-order chi connectivity index (χ1) is 13.1. The number of hydrogen-bond donors (Lipinski definition) is 1. The van der Waals surface area contributed by atoms with Crippen LogP contribution in [0.2, 0.25) is 5.15 Å². The standard InChI is InChI=1S/C20H20ClN3O3/c1-3-27-16-9-7-14(11-17(16)26-2)8-10-20(25)22-12-15-13-24-18(21)5-4-6-19(24)23-15/h4-11,13H,3,12H2,1-2H3,(H,22,25)/b10-8+. The second kappa shape index (κ2) is 8.60. The number of rotatable bonds is 7. The van der Waals surface area contributed by atoms with Crippen LogP contribution in [0.5, 0.6) is 11.5 Å². The Morgan fingerprint density at radius 1 is 1.30 bits per heavy atom. The largest absolute Gasteiger partial charge is 0.493 e. The highest BCUT2D eigenvalue weighted by Crippen LogP contribution is 2.28. The number of pyridine rings is 1. The number of fused-ring (bicyclic) bond motifs is 1. The van der Waals surface area contributed by atoms with Crippen LogP contribution < -0.4 is 14.8 Å². The molecule has 0 saturated carbocycles. The Hall–Kier alpha value is -2.99. The zero-order valence-electron chi connectivity index (χ0n) is 15.1. The molecule has 6 nitrogen and oxygen atoms in total. The van der Waals surface area contributed by atoms with E-state index in [0.717, 1.165) is 16.9 Å². The summed E-state index contributed by atoms with van der Waals surface area (Å²) in [6.07, 6.45) is 4.99. The Balaban J connectivity index is 1.62. The number of halogens is 1. The molecule has 0 aliphatic heterocycles. The third-order valence-electron chi connectivity index (χ3n) is 3.85. The van der Waals surface area contributed by atoms with Crippen molar-refractivity contribution in [2.24, 2.45) is 0 Å². The predicted octanol–water partition coefficient (Wildman–Crippen LogP) is 3.72. The topological polar surface area (TPSA) is 64.9 Å². The minimum atomic E-state index is -0.217. The minimum Gasteiger partial charge on any atom is -0.493 e. The van der Waals surface area contributed by atoms with Gasteiger partial charge >= 0.3 is 0 Å². The van der Waals surface area contributed by atoms with Gasteiger partial charge in [-0.2, -0.15) is 0 Å². The van der Waals surface area contributed by atoms with Gasteiger partial charge in [-0.25, -0.2) is 4.98 Å². The van der Waals surface area contributed by atoms with Gasteiger partial charge in [0.2, 0.25) is 5.91 Å². The van der Waals surface area contributed by atoms with E-state index in [4.69, 9.17) is 21.1 Å². The van der Waals surface area contributed by atoms with E-state index in [0.29, 0.717) is 29.8 Å². The first-order valence-corrected chi connectivity index (χ1v) is 8.87. The Morgan fingerprint density at radius 2 is 2.15 bits per heavy atom. The van der Waals surface area contributed by atoms with E-state index >= 15 is 0 Å². The number of carbonyl (C=O) groups is 1. The molecule has 3 rings (SSSR count). The number of imidazole rings is 1. The summed E-state index contributed by atoms with van der Waals surface area (Å²) < 4.78 is 12.6. The van der Waals surface area contributed by atoms with Gasteiger partial charge in [0, 0.05) is 12.3 Å².